The number of hydrogen-bond donors (Lipinski definition) is 2. The molecule has 110 valence electrons. The predicted octanol–water partition coefficient (Wildman–Crippen LogP) is 1.76. The molecule has 0 atom stereocenters. The molecule has 1 amide bonds. The first kappa shape index (κ1) is 15.1. The van der Waals surface area contributed by atoms with Gasteiger partial charge in [-0.3, -0.25) is 10.2 Å². The summed E-state index contributed by atoms with van der Waals surface area (Å²) in [4.78, 5) is 13.7. The largest absolute Gasteiger partial charge is 0.273 e. The van der Waals surface area contributed by atoms with Crippen LogP contribution < -0.4 is 10.3 Å². The van der Waals surface area contributed by atoms with Crippen molar-refractivity contribution in [3.05, 3.63) is 65.5 Å². The van der Waals surface area contributed by atoms with Crippen LogP contribution in [0.4, 0.5) is 4.39 Å². The molecule has 0 saturated carbocycles. The van der Waals surface area contributed by atoms with Gasteiger partial charge in [-0.15, -0.1) is 4.83 Å². The van der Waals surface area contributed by atoms with Gasteiger partial charge in [-0.25, -0.2) is 12.8 Å². The summed E-state index contributed by atoms with van der Waals surface area (Å²) in [5, 5.41) is 0. The van der Waals surface area contributed by atoms with Crippen LogP contribution in [0.5, 0.6) is 0 Å². The number of benzene rings is 2. The van der Waals surface area contributed by atoms with Gasteiger partial charge in [0.25, 0.3) is 15.9 Å². The monoisotopic (exact) mass is 308 g/mol. The molecular formula is C14H13FN2O3S. The van der Waals surface area contributed by atoms with Gasteiger partial charge in [0.15, 0.2) is 0 Å². The molecule has 7 heteroatoms. The molecule has 2 rings (SSSR count). The molecule has 0 heterocycles. The minimum atomic E-state index is -3.90. The van der Waals surface area contributed by atoms with Crippen LogP contribution in [-0.4, -0.2) is 14.3 Å². The third-order valence-corrected chi connectivity index (χ3v) is 3.96. The first-order valence-electron chi connectivity index (χ1n) is 6.03. The van der Waals surface area contributed by atoms with Gasteiger partial charge in [-0.2, -0.15) is 0 Å². The third kappa shape index (κ3) is 3.65. The molecule has 21 heavy (non-hydrogen) atoms. The first-order valence-corrected chi connectivity index (χ1v) is 7.52. The smallest absolute Gasteiger partial charge is 0.269 e. The molecule has 0 aliphatic heterocycles. The maximum atomic E-state index is 13.4. The van der Waals surface area contributed by atoms with Crippen LogP contribution in [0, 0.1) is 12.7 Å². The lowest BCUT2D eigenvalue weighted by Crippen LogP contribution is -2.41. The average Bonchev–Trinajstić information content (AvgIpc) is 2.45. The fraction of sp³-hybridized carbons (Fsp3) is 0.0714. The van der Waals surface area contributed by atoms with E-state index in [4.69, 9.17) is 0 Å². The minimum Gasteiger partial charge on any atom is -0.273 e. The van der Waals surface area contributed by atoms with Crippen molar-refractivity contribution in [2.45, 2.75) is 11.8 Å². The maximum Gasteiger partial charge on any atom is 0.269 e. The second kappa shape index (κ2) is 6.02. The van der Waals surface area contributed by atoms with Crippen LogP contribution in [0.1, 0.15) is 15.9 Å². The Morgan fingerprint density at radius 1 is 1.10 bits per heavy atom. The standard InChI is InChI=1S/C14H13FN2O3S/c1-10-5-4-6-11(9-10)21(19,20)17-16-14(18)12-7-2-3-8-13(12)15/h2-9,17H,1H3,(H,16,18). The van der Waals surface area contributed by atoms with E-state index in [0.717, 1.165) is 11.6 Å². The van der Waals surface area contributed by atoms with E-state index in [0.29, 0.717) is 0 Å². The van der Waals surface area contributed by atoms with Crippen molar-refractivity contribution < 1.29 is 17.6 Å². The van der Waals surface area contributed by atoms with E-state index in [9.17, 15) is 17.6 Å². The van der Waals surface area contributed by atoms with E-state index in [1.54, 1.807) is 19.1 Å². The van der Waals surface area contributed by atoms with Gasteiger partial charge in [-0.05, 0) is 36.8 Å². The molecule has 5 nitrogen and oxygen atoms in total. The molecule has 2 aromatic carbocycles. The Morgan fingerprint density at radius 3 is 2.48 bits per heavy atom. The topological polar surface area (TPSA) is 75.3 Å². The molecule has 0 spiro atoms. The summed E-state index contributed by atoms with van der Waals surface area (Å²) >= 11 is 0. The van der Waals surface area contributed by atoms with Crippen LogP contribution in [0.2, 0.25) is 0 Å². The number of sulfonamides is 1. The van der Waals surface area contributed by atoms with Crippen LogP contribution in [-0.2, 0) is 10.0 Å². The lowest BCUT2D eigenvalue weighted by atomic mass is 10.2. The Bertz CT molecular complexity index is 775. The summed E-state index contributed by atoms with van der Waals surface area (Å²) in [7, 11) is -3.90. The number of halogens is 1. The SMILES string of the molecule is Cc1cccc(S(=O)(=O)NNC(=O)c2ccccc2F)c1. The molecule has 2 aromatic rings. The van der Waals surface area contributed by atoms with E-state index in [1.807, 2.05) is 10.3 Å². The van der Waals surface area contributed by atoms with Gasteiger partial charge < -0.3 is 0 Å². The van der Waals surface area contributed by atoms with Crippen molar-refractivity contribution in [2.75, 3.05) is 0 Å². The number of hydrazine groups is 1. The van der Waals surface area contributed by atoms with Crippen molar-refractivity contribution in [2.24, 2.45) is 0 Å². The number of amides is 1. The van der Waals surface area contributed by atoms with Crippen molar-refractivity contribution in [3.63, 3.8) is 0 Å². The van der Waals surface area contributed by atoms with E-state index in [1.165, 1.54) is 30.3 Å². The van der Waals surface area contributed by atoms with Crippen molar-refractivity contribution in [1.82, 2.24) is 10.3 Å². The second-order valence-electron chi connectivity index (χ2n) is 4.36. The quantitative estimate of drug-likeness (QED) is 0.845. The number of carbonyl (C=O) groups excluding carboxylic acids is 1. The fourth-order valence-corrected chi connectivity index (χ4v) is 2.61. The van der Waals surface area contributed by atoms with Gasteiger partial charge >= 0.3 is 0 Å². The van der Waals surface area contributed by atoms with Gasteiger partial charge in [0.1, 0.15) is 5.82 Å². The zero-order valence-electron chi connectivity index (χ0n) is 11.1. The molecule has 0 saturated heterocycles. The van der Waals surface area contributed by atoms with Gasteiger partial charge in [0, 0.05) is 0 Å². The van der Waals surface area contributed by atoms with Crippen LogP contribution in [0.25, 0.3) is 0 Å². The molecule has 0 bridgehead atoms. The van der Waals surface area contributed by atoms with Gasteiger partial charge in [-0.1, -0.05) is 24.3 Å². The summed E-state index contributed by atoms with van der Waals surface area (Å²) < 4.78 is 37.4. The predicted molar refractivity (Wildman–Crippen MR) is 75.4 cm³/mol. The minimum absolute atomic E-state index is 0.0105. The van der Waals surface area contributed by atoms with Crippen LogP contribution in [0.3, 0.4) is 0 Å². The maximum absolute atomic E-state index is 13.4. The number of nitrogens with one attached hydrogen (secondary N) is 2. The molecule has 2 N–H and O–H groups in total. The van der Waals surface area contributed by atoms with E-state index >= 15 is 0 Å². The van der Waals surface area contributed by atoms with E-state index in [-0.39, 0.29) is 10.5 Å². The average molecular weight is 308 g/mol. The summed E-state index contributed by atoms with van der Waals surface area (Å²) in [5.74, 6) is -1.60. The van der Waals surface area contributed by atoms with E-state index in [2.05, 4.69) is 0 Å². The number of carbonyl (C=O) groups is 1. The van der Waals surface area contributed by atoms with Crippen LogP contribution in [0.15, 0.2) is 53.4 Å². The Morgan fingerprint density at radius 2 is 1.81 bits per heavy atom. The lowest BCUT2D eigenvalue weighted by molar-refractivity contribution is 0.0941. The molecular weight excluding hydrogens is 295 g/mol. The Balaban J connectivity index is 2.12. The molecule has 0 aliphatic carbocycles. The van der Waals surface area contributed by atoms with Crippen molar-refractivity contribution in [1.29, 1.82) is 0 Å². The highest BCUT2D eigenvalue weighted by atomic mass is 32.2. The number of aryl methyl sites for hydroxylation is 1. The highest BCUT2D eigenvalue weighted by Crippen LogP contribution is 2.10. The molecule has 0 radical (unpaired) electrons. The Labute approximate surface area is 121 Å². The summed E-state index contributed by atoms with van der Waals surface area (Å²) in [6, 6.07) is 11.5. The zero-order valence-corrected chi connectivity index (χ0v) is 11.9. The molecule has 0 unspecified atom stereocenters. The summed E-state index contributed by atoms with van der Waals surface area (Å²) in [6.45, 7) is 1.75. The van der Waals surface area contributed by atoms with E-state index < -0.39 is 21.7 Å². The Kier molecular flexibility index (Phi) is 4.35. The second-order valence-corrected chi connectivity index (χ2v) is 6.04. The molecule has 0 aliphatic rings. The fourth-order valence-electron chi connectivity index (χ4n) is 1.67. The Hall–Kier alpha value is -2.25. The lowest BCUT2D eigenvalue weighted by Gasteiger charge is -2.09. The normalized spacial score (nSPS) is 11.1. The molecule has 0 fully saturated rings. The number of hydrogen-bond acceptors (Lipinski definition) is 3. The van der Waals surface area contributed by atoms with Crippen molar-refractivity contribution in [3.8, 4) is 0 Å². The highest BCUT2D eigenvalue weighted by Gasteiger charge is 2.17. The zero-order chi connectivity index (χ0) is 15.5. The molecule has 0 aromatic heterocycles. The summed E-state index contributed by atoms with van der Waals surface area (Å²) in [5.41, 5.74) is 2.50. The highest BCUT2D eigenvalue weighted by molar-refractivity contribution is 7.89. The summed E-state index contributed by atoms with van der Waals surface area (Å²) in [6.07, 6.45) is 0. The third-order valence-electron chi connectivity index (χ3n) is 2.72. The van der Waals surface area contributed by atoms with Gasteiger partial charge in [0.05, 0.1) is 10.5 Å². The first-order chi connectivity index (χ1) is 9.90. The van der Waals surface area contributed by atoms with Crippen molar-refractivity contribution >= 4 is 15.9 Å². The number of rotatable bonds is 4. The van der Waals surface area contributed by atoms with Gasteiger partial charge in [0.2, 0.25) is 0 Å². The van der Waals surface area contributed by atoms with Crippen LogP contribution >= 0.6 is 0 Å².